The fourth-order valence-corrected chi connectivity index (χ4v) is 6.51. The lowest BCUT2D eigenvalue weighted by Gasteiger charge is -2.57. The predicted molar refractivity (Wildman–Crippen MR) is 177 cm³/mol. The first-order chi connectivity index (χ1) is 24.6. The second kappa shape index (κ2) is 17.9. The van der Waals surface area contributed by atoms with E-state index in [1.165, 1.54) is 0 Å². The Morgan fingerprint density at radius 3 is 1.85 bits per heavy atom. The van der Waals surface area contributed by atoms with Crippen molar-refractivity contribution >= 4 is 29.8 Å². The van der Waals surface area contributed by atoms with Crippen LogP contribution in [0.3, 0.4) is 0 Å². The molecule has 0 saturated carbocycles. The highest BCUT2D eigenvalue weighted by Crippen LogP contribution is 2.43. The van der Waals surface area contributed by atoms with Gasteiger partial charge in [0.15, 0.2) is 30.2 Å². The SMILES string of the molecule is CC(=O)N[C@@H]1[C@@H](OCc2ccccc2)O[C@H](C(O)Cc2ccccc2)[C@](O)([C@@H]2O[C@H](COC(C)=O)[C@H](OC(C)=O)[C@H](OC(C)=O)[C@H]2OC(C)=O)[C@@H]1O. The van der Waals surface area contributed by atoms with E-state index in [-0.39, 0.29) is 13.0 Å². The highest BCUT2D eigenvalue weighted by Gasteiger charge is 2.68. The molecule has 2 aliphatic heterocycles. The Labute approximate surface area is 300 Å². The maximum atomic E-state index is 12.9. The summed E-state index contributed by atoms with van der Waals surface area (Å²) in [5.41, 5.74) is -1.55. The number of hydrogen-bond acceptors (Lipinski definition) is 15. The monoisotopic (exact) mass is 731 g/mol. The lowest BCUT2D eigenvalue weighted by molar-refractivity contribution is -0.364. The van der Waals surface area contributed by atoms with Crippen LogP contribution in [0.2, 0.25) is 0 Å². The third-order valence-electron chi connectivity index (χ3n) is 8.55. The molecule has 1 amide bonds. The molecule has 0 spiro atoms. The van der Waals surface area contributed by atoms with E-state index in [4.69, 9.17) is 33.2 Å². The maximum Gasteiger partial charge on any atom is 0.303 e. The molecule has 0 aromatic heterocycles. The van der Waals surface area contributed by atoms with Crippen LogP contribution in [0.15, 0.2) is 60.7 Å². The van der Waals surface area contributed by atoms with Gasteiger partial charge in [0.1, 0.15) is 37.1 Å². The van der Waals surface area contributed by atoms with Crippen LogP contribution in [0.1, 0.15) is 45.7 Å². The van der Waals surface area contributed by atoms with Gasteiger partial charge in [0.05, 0.1) is 12.7 Å². The lowest BCUT2D eigenvalue weighted by atomic mass is 9.71. The van der Waals surface area contributed by atoms with E-state index in [1.807, 2.05) is 0 Å². The first-order valence-electron chi connectivity index (χ1n) is 16.6. The zero-order valence-electron chi connectivity index (χ0n) is 29.4. The normalized spacial score (nSPS) is 30.7. The quantitative estimate of drug-likeness (QED) is 0.160. The van der Waals surface area contributed by atoms with E-state index in [1.54, 1.807) is 60.7 Å². The number of benzene rings is 2. The molecule has 0 bridgehead atoms. The summed E-state index contributed by atoms with van der Waals surface area (Å²) in [6.45, 7) is 4.65. The number of esters is 4. The van der Waals surface area contributed by atoms with Crippen LogP contribution in [-0.2, 0) is 70.2 Å². The Bertz CT molecular complexity index is 1540. The summed E-state index contributed by atoms with van der Waals surface area (Å²) in [6, 6.07) is 16.0. The van der Waals surface area contributed by atoms with Gasteiger partial charge in [0, 0.05) is 41.0 Å². The molecule has 1 unspecified atom stereocenters. The largest absolute Gasteiger partial charge is 0.463 e. The average molecular weight is 732 g/mol. The van der Waals surface area contributed by atoms with Crippen molar-refractivity contribution in [2.75, 3.05) is 6.61 Å². The summed E-state index contributed by atoms with van der Waals surface area (Å²) in [5, 5.41) is 39.6. The zero-order chi connectivity index (χ0) is 38.2. The number of hydrogen-bond donors (Lipinski definition) is 4. The molecule has 2 aromatic rings. The Morgan fingerprint density at radius 2 is 1.31 bits per heavy atom. The van der Waals surface area contributed by atoms with Crippen LogP contribution < -0.4 is 5.32 Å². The number of carbonyl (C=O) groups excluding carboxylic acids is 5. The van der Waals surface area contributed by atoms with E-state index < -0.39 is 103 Å². The Kier molecular flexibility index (Phi) is 13.8. The van der Waals surface area contributed by atoms with Gasteiger partial charge < -0.3 is 53.8 Å². The van der Waals surface area contributed by atoms with Crippen molar-refractivity contribution in [3.63, 3.8) is 0 Å². The van der Waals surface area contributed by atoms with Crippen LogP contribution >= 0.6 is 0 Å². The van der Waals surface area contributed by atoms with E-state index in [0.29, 0.717) is 11.1 Å². The van der Waals surface area contributed by atoms with Crippen molar-refractivity contribution in [3.05, 3.63) is 71.8 Å². The molecule has 4 rings (SSSR count). The molecule has 2 heterocycles. The molecule has 16 nitrogen and oxygen atoms in total. The Morgan fingerprint density at radius 1 is 0.769 bits per heavy atom. The molecule has 11 atom stereocenters. The first-order valence-corrected chi connectivity index (χ1v) is 16.6. The lowest BCUT2D eigenvalue weighted by Crippen LogP contribution is -2.80. The van der Waals surface area contributed by atoms with Crippen molar-refractivity contribution < 1.29 is 72.5 Å². The number of aliphatic hydroxyl groups excluding tert-OH is 2. The fraction of sp³-hybridized carbons (Fsp3) is 0.528. The molecule has 0 aliphatic carbocycles. The Hall–Kier alpha value is -4.45. The van der Waals surface area contributed by atoms with Crippen molar-refractivity contribution in [1.29, 1.82) is 0 Å². The number of aliphatic hydroxyl groups is 3. The smallest absolute Gasteiger partial charge is 0.303 e. The van der Waals surface area contributed by atoms with Gasteiger partial charge in [0.2, 0.25) is 5.91 Å². The van der Waals surface area contributed by atoms with Gasteiger partial charge in [-0.2, -0.15) is 0 Å². The molecule has 16 heteroatoms. The summed E-state index contributed by atoms with van der Waals surface area (Å²) in [7, 11) is 0. The van der Waals surface area contributed by atoms with Gasteiger partial charge >= 0.3 is 23.9 Å². The number of amides is 1. The minimum absolute atomic E-state index is 0.0761. The second-order valence-electron chi connectivity index (χ2n) is 12.7. The summed E-state index contributed by atoms with van der Waals surface area (Å²) in [6.07, 6.45) is -15.9. The van der Waals surface area contributed by atoms with Crippen molar-refractivity contribution in [3.8, 4) is 0 Å². The van der Waals surface area contributed by atoms with Gasteiger partial charge in [-0.25, -0.2) is 0 Å². The van der Waals surface area contributed by atoms with Gasteiger partial charge in [-0.05, 0) is 11.1 Å². The topological polar surface area (TPSA) is 223 Å². The van der Waals surface area contributed by atoms with Crippen LogP contribution in [0, 0.1) is 0 Å². The highest BCUT2D eigenvalue weighted by molar-refractivity contribution is 5.73. The van der Waals surface area contributed by atoms with Crippen LogP contribution in [0.25, 0.3) is 0 Å². The number of nitrogens with one attached hydrogen (secondary N) is 1. The molecule has 4 N–H and O–H groups in total. The molecule has 0 radical (unpaired) electrons. The molecule has 2 saturated heterocycles. The van der Waals surface area contributed by atoms with E-state index in [9.17, 15) is 39.3 Å². The standard InChI is InChI=1S/C36H45NO15/c1-19(38)37-28-32(44)36(45,33(26(43)16-24-12-8-6-9-13-24)52-35(28)47-17-25-14-10-7-11-15-25)34-31(50-23(5)42)30(49-22(4)41)29(48-21(3)40)27(51-34)18-46-20(2)39/h6-15,26-35,43-45H,16-18H2,1-5H3,(H,37,38)/t26?,27-,28+,29+,30+,31-,32-,33-,34-,35+,36+/m1/s1. The minimum atomic E-state index is -2.85. The fourth-order valence-electron chi connectivity index (χ4n) is 6.51. The summed E-state index contributed by atoms with van der Waals surface area (Å²) in [5.74, 6) is -4.20. The van der Waals surface area contributed by atoms with Crippen molar-refractivity contribution in [1.82, 2.24) is 5.32 Å². The maximum absolute atomic E-state index is 12.9. The summed E-state index contributed by atoms with van der Waals surface area (Å²) < 4.78 is 40.4. The van der Waals surface area contributed by atoms with E-state index in [2.05, 4.69) is 5.32 Å². The minimum Gasteiger partial charge on any atom is -0.463 e. The van der Waals surface area contributed by atoms with E-state index >= 15 is 0 Å². The number of rotatable bonds is 13. The van der Waals surface area contributed by atoms with E-state index in [0.717, 1.165) is 34.6 Å². The molecule has 2 aliphatic rings. The van der Waals surface area contributed by atoms with Gasteiger partial charge in [-0.3, -0.25) is 24.0 Å². The second-order valence-corrected chi connectivity index (χ2v) is 12.7. The molecule has 2 fully saturated rings. The number of carbonyl (C=O) groups is 5. The van der Waals surface area contributed by atoms with Gasteiger partial charge in [-0.1, -0.05) is 60.7 Å². The zero-order valence-corrected chi connectivity index (χ0v) is 29.4. The summed E-state index contributed by atoms with van der Waals surface area (Å²) in [4.78, 5) is 61.8. The summed E-state index contributed by atoms with van der Waals surface area (Å²) >= 11 is 0. The van der Waals surface area contributed by atoms with Crippen molar-refractivity contribution in [2.45, 2.75) is 114 Å². The van der Waals surface area contributed by atoms with Gasteiger partial charge in [-0.15, -0.1) is 0 Å². The third-order valence-corrected chi connectivity index (χ3v) is 8.55. The predicted octanol–water partition coefficient (Wildman–Crippen LogP) is 0.254. The Balaban J connectivity index is 1.89. The molecular weight excluding hydrogens is 686 g/mol. The molecule has 2 aromatic carbocycles. The molecular formula is C36H45NO15. The van der Waals surface area contributed by atoms with Crippen LogP contribution in [0.5, 0.6) is 0 Å². The average Bonchev–Trinajstić information content (AvgIpc) is 3.07. The molecule has 52 heavy (non-hydrogen) atoms. The number of ether oxygens (including phenoxy) is 7. The third kappa shape index (κ3) is 9.90. The van der Waals surface area contributed by atoms with Gasteiger partial charge in [0.25, 0.3) is 0 Å². The van der Waals surface area contributed by atoms with Crippen LogP contribution in [-0.4, -0.2) is 118 Å². The van der Waals surface area contributed by atoms with Crippen LogP contribution in [0.4, 0.5) is 0 Å². The molecule has 284 valence electrons. The first kappa shape index (κ1) is 40.3. The highest BCUT2D eigenvalue weighted by atomic mass is 16.7. The van der Waals surface area contributed by atoms with Crippen molar-refractivity contribution in [2.24, 2.45) is 0 Å².